The van der Waals surface area contributed by atoms with Gasteiger partial charge < -0.3 is 25.0 Å². The molecule has 2 atom stereocenters. The third-order valence-corrected chi connectivity index (χ3v) is 5.52. The summed E-state index contributed by atoms with van der Waals surface area (Å²) in [6.45, 7) is 4.33. The average molecular weight is 345 g/mol. The Morgan fingerprint density at radius 3 is 2.28 bits per heavy atom. The lowest BCUT2D eigenvalue weighted by molar-refractivity contribution is -0.880. The van der Waals surface area contributed by atoms with Crippen LogP contribution in [0.5, 0.6) is 0 Å². The molecule has 0 aromatic heterocycles. The highest BCUT2D eigenvalue weighted by atomic mass is 16.4. The Morgan fingerprint density at radius 1 is 1.08 bits per heavy atom. The lowest BCUT2D eigenvalue weighted by atomic mass is 9.78. The number of quaternary nitrogens is 1. The van der Waals surface area contributed by atoms with E-state index >= 15 is 0 Å². The van der Waals surface area contributed by atoms with Gasteiger partial charge in [-0.05, 0) is 37.1 Å². The molecule has 1 aromatic carbocycles. The number of hydrogen-bond donors (Lipinski definition) is 2. The van der Waals surface area contributed by atoms with Crippen LogP contribution in [0.4, 0.5) is 11.4 Å². The monoisotopic (exact) mass is 345 g/mol. The number of carboxylic acid groups (broad SMARTS) is 1. The largest absolute Gasteiger partial charge is 0.550 e. The molecule has 6 nitrogen and oxygen atoms in total. The molecular formula is C19H27N3O3. The van der Waals surface area contributed by atoms with Crippen molar-refractivity contribution in [1.82, 2.24) is 0 Å². The highest BCUT2D eigenvalue weighted by molar-refractivity contribution is 5.95. The summed E-state index contributed by atoms with van der Waals surface area (Å²) in [6.07, 6.45) is 2.90. The second-order valence-corrected chi connectivity index (χ2v) is 7.30. The maximum Gasteiger partial charge on any atom is 0.228 e. The van der Waals surface area contributed by atoms with Crippen molar-refractivity contribution >= 4 is 23.3 Å². The summed E-state index contributed by atoms with van der Waals surface area (Å²) >= 11 is 0. The Morgan fingerprint density at radius 2 is 1.68 bits per heavy atom. The third-order valence-electron chi connectivity index (χ3n) is 5.52. The maximum absolute atomic E-state index is 12.5. The van der Waals surface area contributed by atoms with Gasteiger partial charge in [0.2, 0.25) is 5.91 Å². The van der Waals surface area contributed by atoms with E-state index in [-0.39, 0.29) is 5.91 Å². The van der Waals surface area contributed by atoms with Gasteiger partial charge in [0.05, 0.1) is 33.2 Å². The fourth-order valence-electron chi connectivity index (χ4n) is 3.86. The minimum Gasteiger partial charge on any atom is -0.550 e. The van der Waals surface area contributed by atoms with Gasteiger partial charge in [-0.15, -0.1) is 0 Å². The number of amides is 1. The Bertz CT molecular complexity index is 609. The van der Waals surface area contributed by atoms with E-state index in [1.165, 1.54) is 0 Å². The van der Waals surface area contributed by atoms with Crippen molar-refractivity contribution in [1.29, 1.82) is 0 Å². The highest BCUT2D eigenvalue weighted by Crippen LogP contribution is 2.31. The fraction of sp³-hybridized carbons (Fsp3) is 0.579. The number of rotatable bonds is 4. The molecule has 2 aliphatic rings. The van der Waals surface area contributed by atoms with Crippen molar-refractivity contribution in [2.24, 2.45) is 11.8 Å². The van der Waals surface area contributed by atoms with Crippen LogP contribution in [0.15, 0.2) is 24.3 Å². The van der Waals surface area contributed by atoms with Crippen molar-refractivity contribution in [3.05, 3.63) is 24.3 Å². The molecule has 1 aromatic rings. The summed E-state index contributed by atoms with van der Waals surface area (Å²) in [7, 11) is 2.21. The molecule has 3 rings (SSSR count). The number of likely N-dealkylation sites (N-methyl/N-ethyl adjacent to an activating group) is 1. The number of aliphatic carboxylic acids is 1. The molecule has 1 amide bonds. The van der Waals surface area contributed by atoms with E-state index in [2.05, 4.69) is 17.3 Å². The van der Waals surface area contributed by atoms with Crippen molar-refractivity contribution in [3.8, 4) is 0 Å². The first-order valence-electron chi connectivity index (χ1n) is 9.22. The van der Waals surface area contributed by atoms with Crippen LogP contribution < -0.4 is 20.2 Å². The first kappa shape index (κ1) is 17.7. The lowest BCUT2D eigenvalue weighted by Crippen LogP contribution is -3.12. The normalized spacial score (nSPS) is 24.8. The van der Waals surface area contributed by atoms with Gasteiger partial charge in [-0.2, -0.15) is 0 Å². The molecule has 0 radical (unpaired) electrons. The first-order chi connectivity index (χ1) is 12.0. The number of nitrogens with zero attached hydrogens (tertiary/aromatic N) is 1. The molecule has 2 fully saturated rings. The van der Waals surface area contributed by atoms with E-state index in [0.717, 1.165) is 50.4 Å². The number of carboxylic acids is 1. The Hall–Kier alpha value is -2.08. The zero-order valence-corrected chi connectivity index (χ0v) is 14.8. The number of nitrogens with one attached hydrogen (secondary N) is 2. The smallest absolute Gasteiger partial charge is 0.228 e. The molecule has 2 N–H and O–H groups in total. The topological polar surface area (TPSA) is 76.9 Å². The zero-order valence-electron chi connectivity index (χ0n) is 14.8. The summed E-state index contributed by atoms with van der Waals surface area (Å²) in [4.78, 5) is 27.7. The minimum atomic E-state index is -1.10. The van der Waals surface area contributed by atoms with Crippen LogP contribution in [0.25, 0.3) is 0 Å². The Balaban J connectivity index is 1.60. The highest BCUT2D eigenvalue weighted by Gasteiger charge is 2.31. The molecule has 1 aliphatic heterocycles. The molecule has 1 saturated heterocycles. The SMILES string of the molecule is C[NH+]1CCN(c2ccc(NC(=O)[C@H]3CCCC[C@H]3C(=O)[O-])cc2)CC1. The number of carbonyl (C=O) groups excluding carboxylic acids is 2. The second kappa shape index (κ2) is 7.87. The van der Waals surface area contributed by atoms with Crippen LogP contribution in [0.1, 0.15) is 25.7 Å². The Kier molecular flexibility index (Phi) is 5.58. The summed E-state index contributed by atoms with van der Waals surface area (Å²) < 4.78 is 0. The maximum atomic E-state index is 12.5. The first-order valence-corrected chi connectivity index (χ1v) is 9.22. The average Bonchev–Trinajstić information content (AvgIpc) is 2.63. The molecular weight excluding hydrogens is 318 g/mol. The molecule has 0 spiro atoms. The van der Waals surface area contributed by atoms with Crippen molar-refractivity contribution in [2.75, 3.05) is 43.4 Å². The van der Waals surface area contributed by atoms with E-state index in [9.17, 15) is 14.7 Å². The van der Waals surface area contributed by atoms with E-state index in [1.807, 2.05) is 24.3 Å². The fourth-order valence-corrected chi connectivity index (χ4v) is 3.86. The number of hydrogen-bond acceptors (Lipinski definition) is 4. The Labute approximate surface area is 148 Å². The van der Waals surface area contributed by atoms with Crippen LogP contribution in [-0.2, 0) is 9.59 Å². The van der Waals surface area contributed by atoms with Gasteiger partial charge in [0.1, 0.15) is 0 Å². The zero-order chi connectivity index (χ0) is 17.8. The van der Waals surface area contributed by atoms with Crippen LogP contribution in [0.3, 0.4) is 0 Å². The van der Waals surface area contributed by atoms with E-state index in [1.54, 1.807) is 4.90 Å². The van der Waals surface area contributed by atoms with Gasteiger partial charge in [0, 0.05) is 29.2 Å². The van der Waals surface area contributed by atoms with E-state index < -0.39 is 17.8 Å². The van der Waals surface area contributed by atoms with E-state index in [4.69, 9.17) is 0 Å². The minimum absolute atomic E-state index is 0.204. The van der Waals surface area contributed by atoms with Gasteiger partial charge in [0.15, 0.2) is 0 Å². The third kappa shape index (κ3) is 4.31. The van der Waals surface area contributed by atoms with Gasteiger partial charge >= 0.3 is 0 Å². The lowest BCUT2D eigenvalue weighted by Gasteiger charge is -2.32. The molecule has 1 aliphatic carbocycles. The number of carbonyl (C=O) groups is 2. The predicted molar refractivity (Wildman–Crippen MR) is 94.4 cm³/mol. The van der Waals surface area contributed by atoms with Gasteiger partial charge in [-0.25, -0.2) is 0 Å². The van der Waals surface area contributed by atoms with Gasteiger partial charge in [-0.3, -0.25) is 4.79 Å². The van der Waals surface area contributed by atoms with E-state index in [0.29, 0.717) is 12.8 Å². The van der Waals surface area contributed by atoms with Crippen LogP contribution in [-0.4, -0.2) is 45.1 Å². The molecule has 25 heavy (non-hydrogen) atoms. The van der Waals surface area contributed by atoms with Crippen LogP contribution in [0.2, 0.25) is 0 Å². The molecule has 1 saturated carbocycles. The summed E-state index contributed by atoms with van der Waals surface area (Å²) in [5, 5.41) is 14.1. The predicted octanol–water partition coefficient (Wildman–Crippen LogP) is -0.484. The summed E-state index contributed by atoms with van der Waals surface area (Å²) in [6, 6.07) is 7.84. The van der Waals surface area contributed by atoms with Gasteiger partial charge in [-0.1, -0.05) is 12.8 Å². The number of anilines is 2. The summed E-state index contributed by atoms with van der Waals surface area (Å²) in [5.41, 5.74) is 1.88. The van der Waals surface area contributed by atoms with Crippen LogP contribution >= 0.6 is 0 Å². The second-order valence-electron chi connectivity index (χ2n) is 7.30. The van der Waals surface area contributed by atoms with Crippen molar-refractivity contribution < 1.29 is 19.6 Å². The number of piperazine rings is 1. The molecule has 6 heteroatoms. The van der Waals surface area contributed by atoms with Crippen molar-refractivity contribution in [3.63, 3.8) is 0 Å². The quantitative estimate of drug-likeness (QED) is 0.773. The van der Waals surface area contributed by atoms with Gasteiger partial charge in [0.25, 0.3) is 0 Å². The molecule has 1 heterocycles. The number of benzene rings is 1. The molecule has 0 unspecified atom stereocenters. The molecule has 136 valence electrons. The molecule has 0 bridgehead atoms. The standard InChI is InChI=1S/C19H27N3O3/c1-21-10-12-22(13-11-21)15-8-6-14(7-9-15)20-18(23)16-4-2-3-5-17(16)19(24)25/h6-9,16-17H,2-5,10-13H2,1H3,(H,20,23)(H,24,25)/t16-,17+/m0/s1. The van der Waals surface area contributed by atoms with Crippen LogP contribution in [0, 0.1) is 11.8 Å². The summed E-state index contributed by atoms with van der Waals surface area (Å²) in [5.74, 6) is -2.46. The van der Waals surface area contributed by atoms with Crippen molar-refractivity contribution in [2.45, 2.75) is 25.7 Å².